The Kier molecular flexibility index (Phi) is 4.22. The highest BCUT2D eigenvalue weighted by Gasteiger charge is 2.22. The van der Waals surface area contributed by atoms with Crippen molar-refractivity contribution in [2.75, 3.05) is 0 Å². The molecule has 106 valence electrons. The van der Waals surface area contributed by atoms with Gasteiger partial charge < -0.3 is 0 Å². The molecule has 0 aliphatic rings. The van der Waals surface area contributed by atoms with E-state index in [1.807, 2.05) is 30.3 Å². The average Bonchev–Trinajstić information content (AvgIpc) is 2.38. The molecule has 0 saturated heterocycles. The van der Waals surface area contributed by atoms with E-state index in [9.17, 15) is 4.79 Å². The predicted molar refractivity (Wildman–Crippen MR) is 83.7 cm³/mol. The zero-order valence-corrected chi connectivity index (χ0v) is 12.8. The number of fused-ring (bicyclic) bond motifs is 1. The summed E-state index contributed by atoms with van der Waals surface area (Å²) in [5.41, 5.74) is 2.22. The molecule has 1 atom stereocenters. The lowest BCUT2D eigenvalue weighted by Crippen LogP contribution is -2.21. The van der Waals surface area contributed by atoms with Gasteiger partial charge in [0.25, 0.3) is 0 Å². The summed E-state index contributed by atoms with van der Waals surface area (Å²) < 4.78 is 0. The van der Waals surface area contributed by atoms with Crippen LogP contribution < -0.4 is 0 Å². The fraction of sp³-hybridized carbons (Fsp3) is 0.444. The number of hydrogen-bond donors (Lipinski definition) is 0. The van der Waals surface area contributed by atoms with Gasteiger partial charge in [-0.2, -0.15) is 0 Å². The van der Waals surface area contributed by atoms with E-state index in [-0.39, 0.29) is 5.41 Å². The van der Waals surface area contributed by atoms with E-state index in [1.165, 1.54) is 0 Å². The summed E-state index contributed by atoms with van der Waals surface area (Å²) in [5, 5.41) is 1.09. The van der Waals surface area contributed by atoms with E-state index >= 15 is 0 Å². The van der Waals surface area contributed by atoms with E-state index < -0.39 is 0 Å². The Morgan fingerprint density at radius 3 is 2.60 bits per heavy atom. The van der Waals surface area contributed by atoms with Crippen LogP contribution in [0.5, 0.6) is 0 Å². The van der Waals surface area contributed by atoms with Crippen LogP contribution in [0.4, 0.5) is 0 Å². The Morgan fingerprint density at radius 2 is 1.90 bits per heavy atom. The number of benzene rings is 1. The van der Waals surface area contributed by atoms with Crippen LogP contribution in [0.3, 0.4) is 0 Å². The molecule has 1 unspecified atom stereocenters. The quantitative estimate of drug-likeness (QED) is 0.822. The molecule has 0 aliphatic heterocycles. The monoisotopic (exact) mass is 269 g/mol. The number of hydrogen-bond acceptors (Lipinski definition) is 2. The molecule has 0 N–H and O–H groups in total. The standard InChI is InChI=1S/C18H23NO/c1-13(18(2,3)4)11-15(20)12-14-9-10-19-17-8-6-5-7-16(14)17/h5-10,13H,11-12H2,1-4H3. The van der Waals surface area contributed by atoms with Crippen LogP contribution in [0.15, 0.2) is 36.5 Å². The van der Waals surface area contributed by atoms with Crippen LogP contribution in [0, 0.1) is 11.3 Å². The first kappa shape index (κ1) is 14.7. The Balaban J connectivity index is 2.15. The second-order valence-electron chi connectivity index (χ2n) is 6.67. The van der Waals surface area contributed by atoms with Crippen molar-refractivity contribution in [2.24, 2.45) is 11.3 Å². The molecule has 0 fully saturated rings. The second kappa shape index (κ2) is 5.74. The maximum absolute atomic E-state index is 12.3. The highest BCUT2D eigenvalue weighted by Crippen LogP contribution is 2.29. The minimum atomic E-state index is 0.177. The van der Waals surface area contributed by atoms with Crippen molar-refractivity contribution in [2.45, 2.75) is 40.5 Å². The molecule has 2 rings (SSSR count). The number of ketones is 1. The Hall–Kier alpha value is -1.70. The van der Waals surface area contributed by atoms with Gasteiger partial charge in [-0.15, -0.1) is 0 Å². The smallest absolute Gasteiger partial charge is 0.137 e. The van der Waals surface area contributed by atoms with Gasteiger partial charge in [-0.25, -0.2) is 0 Å². The SMILES string of the molecule is CC(CC(=O)Cc1ccnc2ccccc12)C(C)(C)C. The van der Waals surface area contributed by atoms with Crippen molar-refractivity contribution in [3.63, 3.8) is 0 Å². The Labute approximate surface area is 121 Å². The van der Waals surface area contributed by atoms with Crippen molar-refractivity contribution in [1.29, 1.82) is 0 Å². The van der Waals surface area contributed by atoms with Gasteiger partial charge in [0.05, 0.1) is 5.52 Å². The highest BCUT2D eigenvalue weighted by atomic mass is 16.1. The molecule has 20 heavy (non-hydrogen) atoms. The van der Waals surface area contributed by atoms with Crippen molar-refractivity contribution >= 4 is 16.7 Å². The zero-order valence-electron chi connectivity index (χ0n) is 12.8. The molecule has 1 heterocycles. The van der Waals surface area contributed by atoms with Crippen LogP contribution in [0.1, 0.15) is 39.7 Å². The molecule has 1 aromatic heterocycles. The van der Waals surface area contributed by atoms with Crippen molar-refractivity contribution in [3.8, 4) is 0 Å². The highest BCUT2D eigenvalue weighted by molar-refractivity contribution is 5.88. The third-order valence-corrected chi connectivity index (χ3v) is 4.14. The largest absolute Gasteiger partial charge is 0.299 e. The lowest BCUT2D eigenvalue weighted by atomic mass is 9.78. The topological polar surface area (TPSA) is 30.0 Å². The van der Waals surface area contributed by atoms with E-state index in [4.69, 9.17) is 0 Å². The van der Waals surface area contributed by atoms with E-state index in [1.54, 1.807) is 6.20 Å². The molecule has 2 nitrogen and oxygen atoms in total. The summed E-state index contributed by atoms with van der Waals surface area (Å²) in [6.45, 7) is 8.72. The van der Waals surface area contributed by atoms with E-state index in [2.05, 4.69) is 32.7 Å². The lowest BCUT2D eigenvalue weighted by Gasteiger charge is -2.26. The molecule has 0 spiro atoms. The van der Waals surface area contributed by atoms with Gasteiger partial charge in [0.15, 0.2) is 0 Å². The zero-order chi connectivity index (χ0) is 14.8. The molecular weight excluding hydrogens is 246 g/mol. The van der Waals surface area contributed by atoms with Gasteiger partial charge in [0.1, 0.15) is 5.78 Å². The minimum absolute atomic E-state index is 0.177. The number of nitrogens with zero attached hydrogens (tertiary/aromatic N) is 1. The Bertz CT molecular complexity index is 605. The summed E-state index contributed by atoms with van der Waals surface area (Å²) in [6, 6.07) is 9.96. The summed E-state index contributed by atoms with van der Waals surface area (Å²) in [6.07, 6.45) is 2.93. The average molecular weight is 269 g/mol. The van der Waals surface area contributed by atoms with E-state index in [0.29, 0.717) is 24.5 Å². The maximum Gasteiger partial charge on any atom is 0.137 e. The Morgan fingerprint density at radius 1 is 1.20 bits per heavy atom. The number of aromatic nitrogens is 1. The van der Waals surface area contributed by atoms with Gasteiger partial charge in [-0.3, -0.25) is 9.78 Å². The van der Waals surface area contributed by atoms with Gasteiger partial charge in [0.2, 0.25) is 0 Å². The fourth-order valence-corrected chi connectivity index (χ4v) is 2.24. The number of carbonyl (C=O) groups is 1. The maximum atomic E-state index is 12.3. The number of pyridine rings is 1. The van der Waals surface area contributed by atoms with Crippen molar-refractivity contribution < 1.29 is 4.79 Å². The molecule has 0 saturated carbocycles. The van der Waals surface area contributed by atoms with Crippen molar-refractivity contribution in [1.82, 2.24) is 4.98 Å². The predicted octanol–water partition coefficient (Wildman–Crippen LogP) is 4.42. The summed E-state index contributed by atoms with van der Waals surface area (Å²) in [5.74, 6) is 0.701. The van der Waals surface area contributed by atoms with Crippen LogP contribution >= 0.6 is 0 Å². The third kappa shape index (κ3) is 3.44. The van der Waals surface area contributed by atoms with Gasteiger partial charge in [-0.05, 0) is 29.0 Å². The van der Waals surface area contributed by atoms with Gasteiger partial charge in [0, 0.05) is 24.4 Å². The molecule has 0 bridgehead atoms. The molecule has 2 heteroatoms. The first-order valence-electron chi connectivity index (χ1n) is 7.22. The molecule has 0 amide bonds. The summed E-state index contributed by atoms with van der Waals surface area (Å²) >= 11 is 0. The first-order chi connectivity index (χ1) is 9.38. The number of para-hydroxylation sites is 1. The molecule has 0 radical (unpaired) electrons. The molecule has 1 aromatic carbocycles. The number of Topliss-reactive ketones (excluding diaryl/α,β-unsaturated/α-hetero) is 1. The van der Waals surface area contributed by atoms with Crippen LogP contribution in [-0.4, -0.2) is 10.8 Å². The first-order valence-corrected chi connectivity index (χ1v) is 7.22. The van der Waals surface area contributed by atoms with Crippen LogP contribution in [0.2, 0.25) is 0 Å². The third-order valence-electron chi connectivity index (χ3n) is 4.14. The summed E-state index contributed by atoms with van der Waals surface area (Å²) in [7, 11) is 0. The second-order valence-corrected chi connectivity index (χ2v) is 6.67. The molecule has 2 aromatic rings. The lowest BCUT2D eigenvalue weighted by molar-refractivity contribution is -0.119. The van der Waals surface area contributed by atoms with Crippen LogP contribution in [-0.2, 0) is 11.2 Å². The fourth-order valence-electron chi connectivity index (χ4n) is 2.24. The number of carbonyl (C=O) groups excluding carboxylic acids is 1. The minimum Gasteiger partial charge on any atom is -0.299 e. The molecular formula is C18H23NO. The summed E-state index contributed by atoms with van der Waals surface area (Å²) in [4.78, 5) is 16.6. The number of rotatable bonds is 4. The normalized spacial score (nSPS) is 13.4. The van der Waals surface area contributed by atoms with Gasteiger partial charge in [-0.1, -0.05) is 45.9 Å². The van der Waals surface area contributed by atoms with Crippen molar-refractivity contribution in [3.05, 3.63) is 42.1 Å². The van der Waals surface area contributed by atoms with Crippen LogP contribution in [0.25, 0.3) is 10.9 Å². The van der Waals surface area contributed by atoms with E-state index in [0.717, 1.165) is 16.5 Å². The molecule has 0 aliphatic carbocycles. The van der Waals surface area contributed by atoms with Gasteiger partial charge >= 0.3 is 0 Å².